The zero-order valence-corrected chi connectivity index (χ0v) is 12.9. The van der Waals surface area contributed by atoms with Crippen molar-refractivity contribution < 1.29 is 17.6 Å². The van der Waals surface area contributed by atoms with Gasteiger partial charge in [-0.15, -0.1) is 0 Å². The summed E-state index contributed by atoms with van der Waals surface area (Å²) in [5.41, 5.74) is -1.12. The van der Waals surface area contributed by atoms with E-state index in [-0.39, 0.29) is 18.2 Å². The van der Waals surface area contributed by atoms with Crippen molar-refractivity contribution >= 4 is 0 Å². The van der Waals surface area contributed by atoms with Crippen LogP contribution in [-0.4, -0.2) is 30.6 Å². The molecule has 0 aliphatic carbocycles. The Morgan fingerprint density at radius 1 is 1.32 bits per heavy atom. The van der Waals surface area contributed by atoms with E-state index in [2.05, 4.69) is 5.32 Å². The molecule has 0 aromatic heterocycles. The van der Waals surface area contributed by atoms with E-state index in [1.807, 2.05) is 18.7 Å². The highest BCUT2D eigenvalue weighted by molar-refractivity contribution is 5.31. The Kier molecular flexibility index (Phi) is 5.45. The van der Waals surface area contributed by atoms with Crippen molar-refractivity contribution in [2.75, 3.05) is 19.6 Å². The molecule has 0 saturated carbocycles. The number of nitrogens with one attached hydrogen (secondary N) is 1. The van der Waals surface area contributed by atoms with Crippen molar-refractivity contribution in [3.8, 4) is 0 Å². The molecule has 1 aliphatic heterocycles. The van der Waals surface area contributed by atoms with Gasteiger partial charge in [0.05, 0.1) is 5.56 Å². The van der Waals surface area contributed by atoms with Gasteiger partial charge in [0.2, 0.25) is 0 Å². The molecular weight excluding hydrogens is 296 g/mol. The zero-order chi connectivity index (χ0) is 16.3. The first-order valence-electron chi connectivity index (χ1n) is 7.58. The maximum absolute atomic E-state index is 13.7. The van der Waals surface area contributed by atoms with Gasteiger partial charge in [-0.3, -0.25) is 4.90 Å². The van der Waals surface area contributed by atoms with E-state index in [4.69, 9.17) is 0 Å². The lowest BCUT2D eigenvalue weighted by molar-refractivity contribution is -0.140. The molecule has 1 N–H and O–H groups in total. The van der Waals surface area contributed by atoms with Crippen LogP contribution in [0.5, 0.6) is 0 Å². The Bertz CT molecular complexity index is 493. The van der Waals surface area contributed by atoms with Crippen LogP contribution in [0.2, 0.25) is 0 Å². The summed E-state index contributed by atoms with van der Waals surface area (Å²) in [6.45, 7) is 6.52. The van der Waals surface area contributed by atoms with Gasteiger partial charge in [-0.05, 0) is 30.5 Å². The third-order valence-electron chi connectivity index (χ3n) is 3.91. The van der Waals surface area contributed by atoms with Gasteiger partial charge in [0, 0.05) is 25.7 Å². The summed E-state index contributed by atoms with van der Waals surface area (Å²) >= 11 is 0. The SMILES string of the molecule is CC(C)CN(Cc1cccc(F)c1C(F)(F)F)C1CCNC1. The number of halogens is 4. The van der Waals surface area contributed by atoms with E-state index in [9.17, 15) is 17.6 Å². The molecule has 1 unspecified atom stereocenters. The Labute approximate surface area is 128 Å². The molecule has 1 aliphatic rings. The second kappa shape index (κ2) is 6.96. The topological polar surface area (TPSA) is 15.3 Å². The lowest BCUT2D eigenvalue weighted by atomic mass is 10.0. The molecule has 124 valence electrons. The summed E-state index contributed by atoms with van der Waals surface area (Å²) in [5.74, 6) is -0.859. The van der Waals surface area contributed by atoms with Crippen molar-refractivity contribution in [2.24, 2.45) is 5.92 Å². The van der Waals surface area contributed by atoms with Gasteiger partial charge in [-0.25, -0.2) is 4.39 Å². The Balaban J connectivity index is 2.27. The average molecular weight is 318 g/mol. The highest BCUT2D eigenvalue weighted by atomic mass is 19.4. The van der Waals surface area contributed by atoms with E-state index in [1.54, 1.807) is 0 Å². The molecule has 2 nitrogen and oxygen atoms in total. The van der Waals surface area contributed by atoms with Crippen LogP contribution in [0.1, 0.15) is 31.4 Å². The van der Waals surface area contributed by atoms with Gasteiger partial charge < -0.3 is 5.32 Å². The molecule has 1 atom stereocenters. The minimum Gasteiger partial charge on any atom is -0.315 e. The van der Waals surface area contributed by atoms with Crippen molar-refractivity contribution in [3.05, 3.63) is 35.1 Å². The second-order valence-corrected chi connectivity index (χ2v) is 6.24. The molecule has 0 amide bonds. The van der Waals surface area contributed by atoms with Gasteiger partial charge in [-0.1, -0.05) is 26.0 Å². The first-order valence-corrected chi connectivity index (χ1v) is 7.58. The fourth-order valence-corrected chi connectivity index (χ4v) is 3.00. The Morgan fingerprint density at radius 2 is 2.05 bits per heavy atom. The molecule has 0 spiro atoms. The molecule has 1 heterocycles. The number of hydrogen-bond acceptors (Lipinski definition) is 2. The normalized spacial score (nSPS) is 19.4. The summed E-state index contributed by atoms with van der Waals surface area (Å²) in [7, 11) is 0. The smallest absolute Gasteiger partial charge is 0.315 e. The molecule has 1 aromatic carbocycles. The van der Waals surface area contributed by atoms with Gasteiger partial charge in [0.1, 0.15) is 5.82 Å². The molecule has 6 heteroatoms. The van der Waals surface area contributed by atoms with Gasteiger partial charge in [0.15, 0.2) is 0 Å². The highest BCUT2D eigenvalue weighted by Crippen LogP contribution is 2.35. The van der Waals surface area contributed by atoms with Crippen LogP contribution in [-0.2, 0) is 12.7 Å². The van der Waals surface area contributed by atoms with Crippen LogP contribution in [0.15, 0.2) is 18.2 Å². The molecule has 1 saturated heterocycles. The molecule has 1 fully saturated rings. The number of alkyl halides is 3. The standard InChI is InChI=1S/C16H22F4N2/c1-11(2)9-22(13-6-7-21-8-13)10-12-4-3-5-14(17)15(12)16(18,19)20/h3-5,11,13,21H,6-10H2,1-2H3. The number of nitrogens with zero attached hydrogens (tertiary/aromatic N) is 1. The summed E-state index contributed by atoms with van der Waals surface area (Å²) in [4.78, 5) is 2.04. The lowest BCUT2D eigenvalue weighted by Gasteiger charge is -2.31. The lowest BCUT2D eigenvalue weighted by Crippen LogP contribution is -2.39. The van der Waals surface area contributed by atoms with E-state index < -0.39 is 17.6 Å². The highest BCUT2D eigenvalue weighted by Gasteiger charge is 2.37. The third kappa shape index (κ3) is 4.20. The van der Waals surface area contributed by atoms with Gasteiger partial charge >= 0.3 is 6.18 Å². The predicted octanol–water partition coefficient (Wildman–Crippen LogP) is 3.66. The van der Waals surface area contributed by atoms with Crippen LogP contribution in [0.3, 0.4) is 0 Å². The van der Waals surface area contributed by atoms with E-state index in [0.717, 1.165) is 25.6 Å². The van der Waals surface area contributed by atoms with Crippen LogP contribution in [0, 0.1) is 11.7 Å². The maximum Gasteiger partial charge on any atom is 0.419 e. The summed E-state index contributed by atoms with van der Waals surface area (Å²) in [6.07, 6.45) is -3.76. The Morgan fingerprint density at radius 3 is 2.59 bits per heavy atom. The minimum atomic E-state index is -4.67. The minimum absolute atomic E-state index is 0.0139. The van der Waals surface area contributed by atoms with Crippen molar-refractivity contribution in [1.82, 2.24) is 10.2 Å². The van der Waals surface area contributed by atoms with Crippen LogP contribution in [0.25, 0.3) is 0 Å². The first-order chi connectivity index (χ1) is 10.3. The van der Waals surface area contributed by atoms with E-state index >= 15 is 0 Å². The fraction of sp³-hybridized carbons (Fsp3) is 0.625. The van der Waals surface area contributed by atoms with Crippen LogP contribution < -0.4 is 5.32 Å². The maximum atomic E-state index is 13.7. The zero-order valence-electron chi connectivity index (χ0n) is 12.9. The van der Waals surface area contributed by atoms with Crippen molar-refractivity contribution in [3.63, 3.8) is 0 Å². The average Bonchev–Trinajstić information content (AvgIpc) is 2.89. The number of hydrogen-bond donors (Lipinski definition) is 1. The first kappa shape index (κ1) is 17.2. The van der Waals surface area contributed by atoms with Crippen LogP contribution in [0.4, 0.5) is 17.6 Å². The van der Waals surface area contributed by atoms with E-state index in [0.29, 0.717) is 12.5 Å². The third-order valence-corrected chi connectivity index (χ3v) is 3.91. The number of rotatable bonds is 5. The Hall–Kier alpha value is -1.14. The summed E-state index contributed by atoms with van der Waals surface area (Å²) in [6, 6.07) is 3.80. The second-order valence-electron chi connectivity index (χ2n) is 6.24. The number of benzene rings is 1. The van der Waals surface area contributed by atoms with Crippen LogP contribution >= 0.6 is 0 Å². The van der Waals surface area contributed by atoms with Gasteiger partial charge in [0.25, 0.3) is 0 Å². The predicted molar refractivity (Wildman–Crippen MR) is 77.9 cm³/mol. The van der Waals surface area contributed by atoms with E-state index in [1.165, 1.54) is 12.1 Å². The fourth-order valence-electron chi connectivity index (χ4n) is 3.00. The van der Waals surface area contributed by atoms with Crippen molar-refractivity contribution in [2.45, 2.75) is 39.0 Å². The molecule has 0 radical (unpaired) electrons. The molecule has 22 heavy (non-hydrogen) atoms. The molecule has 0 bridgehead atoms. The molecular formula is C16H22F4N2. The summed E-state index contributed by atoms with van der Waals surface area (Å²) in [5, 5.41) is 3.23. The molecule has 1 aromatic rings. The molecule has 2 rings (SSSR count). The van der Waals surface area contributed by atoms with Crippen molar-refractivity contribution in [1.29, 1.82) is 0 Å². The van der Waals surface area contributed by atoms with Gasteiger partial charge in [-0.2, -0.15) is 13.2 Å². The monoisotopic (exact) mass is 318 g/mol. The summed E-state index contributed by atoms with van der Waals surface area (Å²) < 4.78 is 53.1. The quantitative estimate of drug-likeness (QED) is 0.834. The largest absolute Gasteiger partial charge is 0.419 e.